The normalized spacial score (nSPS) is 23.4. The fourth-order valence-electron chi connectivity index (χ4n) is 2.75. The standard InChI is InChI=1S/C13H15N5O4S/c1-16-3-8(15-6-19)4-17(16)2-7-5-23-12-9(14)11(20)18(12)10(7)13(21)22/h3-4,6,9,12H,2,5,14H2,1H3,(H-,15,19,21,22)/t9-,12-/m1/s1. The fourth-order valence-corrected chi connectivity index (χ4v) is 4.03. The number of carboxylic acids is 1. The average molecular weight is 337 g/mol. The molecule has 0 aromatic carbocycles. The molecule has 2 aliphatic heterocycles. The van der Waals surface area contributed by atoms with Crippen LogP contribution in [0.3, 0.4) is 0 Å². The first-order valence-corrected chi connectivity index (χ1v) is 7.88. The van der Waals surface area contributed by atoms with Gasteiger partial charge in [0.05, 0.1) is 17.9 Å². The summed E-state index contributed by atoms with van der Waals surface area (Å²) in [6, 6.07) is -0.665. The van der Waals surface area contributed by atoms with Crippen LogP contribution in [0.2, 0.25) is 0 Å². The van der Waals surface area contributed by atoms with E-state index in [0.717, 1.165) is 0 Å². The van der Waals surface area contributed by atoms with E-state index in [1.54, 1.807) is 28.8 Å². The third-order valence-corrected chi connectivity index (χ3v) is 5.24. The summed E-state index contributed by atoms with van der Waals surface area (Å²) in [6.07, 6.45) is 3.93. The van der Waals surface area contributed by atoms with Crippen LogP contribution in [0.25, 0.3) is 0 Å². The van der Waals surface area contributed by atoms with Crippen LogP contribution >= 0.6 is 11.8 Å². The number of hydrogen-bond donors (Lipinski definition) is 2. The number of amides is 2. The van der Waals surface area contributed by atoms with E-state index in [2.05, 4.69) is 5.32 Å². The molecular formula is C13H15N5O4S. The van der Waals surface area contributed by atoms with Gasteiger partial charge in [-0.2, -0.15) is 4.68 Å². The van der Waals surface area contributed by atoms with Crippen LogP contribution in [0.4, 0.5) is 5.69 Å². The van der Waals surface area contributed by atoms with Crippen LogP contribution in [0.15, 0.2) is 23.7 Å². The van der Waals surface area contributed by atoms with Crippen LogP contribution in [0, 0.1) is 0 Å². The van der Waals surface area contributed by atoms with Gasteiger partial charge in [-0.15, -0.1) is 16.4 Å². The van der Waals surface area contributed by atoms with Crippen LogP contribution < -0.4 is 20.8 Å². The molecule has 2 aliphatic rings. The van der Waals surface area contributed by atoms with Gasteiger partial charge in [-0.05, 0) is 5.57 Å². The lowest BCUT2D eigenvalue weighted by molar-refractivity contribution is -0.752. The van der Waals surface area contributed by atoms with Crippen molar-refractivity contribution in [1.82, 2.24) is 9.58 Å². The maximum atomic E-state index is 11.9. The summed E-state index contributed by atoms with van der Waals surface area (Å²) in [5, 5.41) is 13.7. The number of nitrogens with one attached hydrogen (secondary N) is 1. The molecule has 3 rings (SSSR count). The quantitative estimate of drug-likeness (QED) is 0.338. The molecular weight excluding hydrogens is 322 g/mol. The number of β-lactam (4-membered cyclic amide) rings is 1. The van der Waals surface area contributed by atoms with Crippen molar-refractivity contribution in [3.63, 3.8) is 0 Å². The number of hydrogen-bond acceptors (Lipinski definition) is 6. The number of aryl methyl sites for hydroxylation is 1. The van der Waals surface area contributed by atoms with Crippen molar-refractivity contribution in [2.45, 2.75) is 18.0 Å². The molecule has 10 heteroatoms. The maximum absolute atomic E-state index is 11.9. The van der Waals surface area contributed by atoms with Crippen molar-refractivity contribution in [2.75, 3.05) is 11.1 Å². The van der Waals surface area contributed by atoms with E-state index in [9.17, 15) is 19.5 Å². The van der Waals surface area contributed by atoms with Gasteiger partial charge in [0.2, 0.25) is 18.5 Å². The Hall–Kier alpha value is -2.33. The number of rotatable bonds is 5. The van der Waals surface area contributed by atoms with E-state index in [0.29, 0.717) is 23.4 Å². The lowest BCUT2D eigenvalue weighted by Crippen LogP contribution is -2.69. The Kier molecular flexibility index (Phi) is 3.86. The van der Waals surface area contributed by atoms with E-state index in [4.69, 9.17) is 5.73 Å². The number of nitrogens with two attached hydrogens (primary N) is 1. The number of anilines is 1. The molecule has 3 N–H and O–H groups in total. The number of carbonyl (C=O) groups is 3. The molecule has 0 radical (unpaired) electrons. The summed E-state index contributed by atoms with van der Waals surface area (Å²) in [5.74, 6) is -1.34. The highest BCUT2D eigenvalue weighted by Crippen LogP contribution is 2.39. The third kappa shape index (κ3) is 2.49. The largest absolute Gasteiger partial charge is 0.543 e. The van der Waals surface area contributed by atoms with Crippen molar-refractivity contribution < 1.29 is 24.2 Å². The van der Waals surface area contributed by atoms with Crippen molar-refractivity contribution in [2.24, 2.45) is 12.8 Å². The highest BCUT2D eigenvalue weighted by Gasteiger charge is 2.50. The van der Waals surface area contributed by atoms with Crippen LogP contribution in [0.1, 0.15) is 0 Å². The second kappa shape index (κ2) is 5.70. The fraction of sp³-hybridized carbons (Fsp3) is 0.385. The lowest BCUT2D eigenvalue weighted by Gasteiger charge is -2.49. The average Bonchev–Trinajstić information content (AvgIpc) is 2.85. The van der Waals surface area contributed by atoms with Crippen LogP contribution in [-0.4, -0.2) is 45.0 Å². The topological polar surface area (TPSA) is 124 Å². The van der Waals surface area contributed by atoms with Gasteiger partial charge in [-0.3, -0.25) is 14.5 Å². The smallest absolute Gasteiger partial charge is 0.248 e. The molecule has 1 fully saturated rings. The lowest BCUT2D eigenvalue weighted by atomic mass is 10.0. The second-order valence-electron chi connectivity index (χ2n) is 5.32. The number of carbonyl (C=O) groups excluding carboxylic acids is 3. The predicted molar refractivity (Wildman–Crippen MR) is 78.4 cm³/mol. The van der Waals surface area contributed by atoms with Gasteiger partial charge >= 0.3 is 0 Å². The van der Waals surface area contributed by atoms with E-state index in [1.807, 2.05) is 0 Å². The van der Waals surface area contributed by atoms with Crippen molar-refractivity contribution in [1.29, 1.82) is 0 Å². The number of carboxylic acid groups (broad SMARTS) is 1. The molecule has 1 saturated heterocycles. The van der Waals surface area contributed by atoms with Gasteiger partial charge < -0.3 is 21.0 Å². The first-order valence-electron chi connectivity index (χ1n) is 6.84. The Balaban J connectivity index is 1.92. The molecule has 0 saturated carbocycles. The monoisotopic (exact) mass is 337 g/mol. The first-order chi connectivity index (χ1) is 10.9. The molecule has 2 amide bonds. The number of thioether (sulfide) groups is 1. The Morgan fingerprint density at radius 1 is 1.65 bits per heavy atom. The zero-order valence-electron chi connectivity index (χ0n) is 12.3. The number of fused-ring (bicyclic) bond motifs is 1. The SMILES string of the molecule is C[n+]1cc(NC=O)cn1CC1=C(C(=O)[O-])N2C(=O)[C@@H](N)[C@H]2SC1. The van der Waals surface area contributed by atoms with Gasteiger partial charge in [-0.25, -0.2) is 0 Å². The predicted octanol–water partition coefficient (Wildman–Crippen LogP) is -2.87. The Morgan fingerprint density at radius 2 is 2.39 bits per heavy atom. The number of nitrogens with zero attached hydrogens (tertiary/aromatic N) is 3. The second-order valence-corrected chi connectivity index (χ2v) is 6.43. The minimum absolute atomic E-state index is 0.0981. The summed E-state index contributed by atoms with van der Waals surface area (Å²) < 4.78 is 3.45. The molecule has 0 unspecified atom stereocenters. The first kappa shape index (κ1) is 15.6. The van der Waals surface area contributed by atoms with Gasteiger partial charge in [0, 0.05) is 5.75 Å². The summed E-state index contributed by atoms with van der Waals surface area (Å²) in [4.78, 5) is 35.1. The van der Waals surface area contributed by atoms with E-state index in [1.165, 1.54) is 16.7 Å². The molecule has 122 valence electrons. The highest BCUT2D eigenvalue weighted by atomic mass is 32.2. The molecule has 0 aliphatic carbocycles. The third-order valence-electron chi connectivity index (χ3n) is 3.88. The molecule has 1 aromatic rings. The van der Waals surface area contributed by atoms with Gasteiger partial charge in [-0.1, -0.05) is 0 Å². The van der Waals surface area contributed by atoms with Crippen molar-refractivity contribution in [3.8, 4) is 0 Å². The van der Waals surface area contributed by atoms with E-state index in [-0.39, 0.29) is 17.6 Å². The zero-order valence-corrected chi connectivity index (χ0v) is 13.1. The van der Waals surface area contributed by atoms with Crippen molar-refractivity contribution in [3.05, 3.63) is 23.7 Å². The summed E-state index contributed by atoms with van der Waals surface area (Å²) in [7, 11) is 1.76. The molecule has 3 heterocycles. The van der Waals surface area contributed by atoms with Crippen molar-refractivity contribution >= 4 is 35.7 Å². The van der Waals surface area contributed by atoms with E-state index < -0.39 is 17.9 Å². The minimum Gasteiger partial charge on any atom is -0.543 e. The number of aliphatic carboxylic acids is 1. The highest BCUT2D eigenvalue weighted by molar-refractivity contribution is 8.00. The molecule has 9 nitrogen and oxygen atoms in total. The summed E-state index contributed by atoms with van der Waals surface area (Å²) in [5.41, 5.74) is 6.75. The Morgan fingerprint density at radius 3 is 3.04 bits per heavy atom. The molecule has 1 aromatic heterocycles. The Labute approximate surface area is 135 Å². The van der Waals surface area contributed by atoms with Crippen LogP contribution in [0.5, 0.6) is 0 Å². The summed E-state index contributed by atoms with van der Waals surface area (Å²) in [6.45, 7) is 0.263. The Bertz CT molecular complexity index is 728. The van der Waals surface area contributed by atoms with Crippen LogP contribution in [-0.2, 0) is 28.0 Å². The summed E-state index contributed by atoms with van der Waals surface area (Å²) >= 11 is 1.43. The molecule has 0 bridgehead atoms. The van der Waals surface area contributed by atoms with Gasteiger partial charge in [0.15, 0.2) is 7.05 Å². The molecule has 23 heavy (non-hydrogen) atoms. The molecule has 0 spiro atoms. The van der Waals surface area contributed by atoms with Gasteiger partial charge in [0.25, 0.3) is 0 Å². The maximum Gasteiger partial charge on any atom is 0.248 e. The molecule has 2 atom stereocenters. The zero-order chi connectivity index (χ0) is 16.7. The minimum atomic E-state index is -1.38. The van der Waals surface area contributed by atoms with Gasteiger partial charge in [0.1, 0.15) is 23.6 Å². The van der Waals surface area contributed by atoms with E-state index >= 15 is 0 Å². The number of aromatic nitrogens is 2.